The minimum absolute atomic E-state index is 0.0117. The van der Waals surface area contributed by atoms with Gasteiger partial charge in [0.1, 0.15) is 0 Å². The lowest BCUT2D eigenvalue weighted by molar-refractivity contribution is 0.0940. The third-order valence-corrected chi connectivity index (χ3v) is 4.92. The van der Waals surface area contributed by atoms with Gasteiger partial charge < -0.3 is 5.32 Å². The number of benzene rings is 1. The highest BCUT2D eigenvalue weighted by atomic mass is 79.9. The minimum atomic E-state index is 0.0117. The van der Waals surface area contributed by atoms with Crippen LogP contribution in [0.3, 0.4) is 0 Å². The normalized spacial score (nSPS) is 23.1. The number of nitrogens with one attached hydrogen (secondary N) is 1. The molecule has 19 heavy (non-hydrogen) atoms. The van der Waals surface area contributed by atoms with Gasteiger partial charge in [-0.2, -0.15) is 0 Å². The van der Waals surface area contributed by atoms with Gasteiger partial charge in [0.05, 0.1) is 5.56 Å². The van der Waals surface area contributed by atoms with Gasteiger partial charge in [0.2, 0.25) is 0 Å². The van der Waals surface area contributed by atoms with Gasteiger partial charge in [-0.05, 0) is 58.8 Å². The molecule has 1 aromatic rings. The quantitative estimate of drug-likeness (QED) is 0.793. The van der Waals surface area contributed by atoms with Crippen molar-refractivity contribution in [3.63, 3.8) is 0 Å². The molecule has 0 aliphatic heterocycles. The maximum Gasteiger partial charge on any atom is 0.252 e. The molecule has 1 amide bonds. The van der Waals surface area contributed by atoms with E-state index >= 15 is 0 Å². The van der Waals surface area contributed by atoms with Crippen molar-refractivity contribution >= 4 is 37.8 Å². The van der Waals surface area contributed by atoms with E-state index < -0.39 is 0 Å². The van der Waals surface area contributed by atoms with E-state index in [1.165, 1.54) is 25.7 Å². The van der Waals surface area contributed by atoms with Crippen LogP contribution in [0.1, 0.15) is 43.0 Å². The zero-order valence-electron chi connectivity index (χ0n) is 11.1. The van der Waals surface area contributed by atoms with Crippen molar-refractivity contribution in [2.45, 2.75) is 32.6 Å². The van der Waals surface area contributed by atoms with Crippen molar-refractivity contribution in [1.82, 2.24) is 5.32 Å². The van der Waals surface area contributed by atoms with Gasteiger partial charge in [0.15, 0.2) is 0 Å². The molecule has 2 atom stereocenters. The van der Waals surface area contributed by atoms with E-state index in [4.69, 9.17) is 0 Å². The molecule has 0 bridgehead atoms. The fourth-order valence-electron chi connectivity index (χ4n) is 2.75. The van der Waals surface area contributed by atoms with E-state index in [0.29, 0.717) is 11.5 Å². The number of amides is 1. The first-order valence-corrected chi connectivity index (χ1v) is 8.38. The average Bonchev–Trinajstić information content (AvgIpc) is 2.36. The number of carbonyl (C=O) groups excluding carboxylic acids is 1. The van der Waals surface area contributed by atoms with E-state index in [1.54, 1.807) is 0 Å². The SMILES string of the molecule is CC1CCCC(CNC(=O)c2ccc(Br)cc2Br)C1. The second-order valence-corrected chi connectivity index (χ2v) is 7.24. The van der Waals surface area contributed by atoms with Gasteiger partial charge in [-0.1, -0.05) is 35.7 Å². The van der Waals surface area contributed by atoms with Crippen molar-refractivity contribution in [3.05, 3.63) is 32.7 Å². The van der Waals surface area contributed by atoms with E-state index in [-0.39, 0.29) is 5.91 Å². The summed E-state index contributed by atoms with van der Waals surface area (Å²) < 4.78 is 1.80. The summed E-state index contributed by atoms with van der Waals surface area (Å²) in [5.41, 5.74) is 0.701. The van der Waals surface area contributed by atoms with Crippen LogP contribution in [0.4, 0.5) is 0 Å². The Kier molecular flexibility index (Phi) is 5.46. The van der Waals surface area contributed by atoms with Crippen molar-refractivity contribution < 1.29 is 4.79 Å². The molecule has 1 aromatic carbocycles. The summed E-state index contributed by atoms with van der Waals surface area (Å²) >= 11 is 6.82. The molecular formula is C15H19Br2NO. The molecule has 0 radical (unpaired) electrons. The predicted octanol–water partition coefficient (Wildman–Crippen LogP) is 4.77. The molecule has 0 heterocycles. The second kappa shape index (κ2) is 6.89. The van der Waals surface area contributed by atoms with Crippen molar-refractivity contribution in [1.29, 1.82) is 0 Å². The van der Waals surface area contributed by atoms with Gasteiger partial charge in [0, 0.05) is 15.5 Å². The van der Waals surface area contributed by atoms with E-state index in [1.807, 2.05) is 18.2 Å². The van der Waals surface area contributed by atoms with Gasteiger partial charge in [-0.15, -0.1) is 0 Å². The summed E-state index contributed by atoms with van der Waals surface area (Å²) in [7, 11) is 0. The van der Waals surface area contributed by atoms with Gasteiger partial charge >= 0.3 is 0 Å². The molecule has 4 heteroatoms. The van der Waals surface area contributed by atoms with Crippen LogP contribution in [0.25, 0.3) is 0 Å². The molecular weight excluding hydrogens is 370 g/mol. The Morgan fingerprint density at radius 2 is 2.16 bits per heavy atom. The van der Waals surface area contributed by atoms with Gasteiger partial charge in [0.25, 0.3) is 5.91 Å². The highest BCUT2D eigenvalue weighted by Crippen LogP contribution is 2.28. The molecule has 0 spiro atoms. The van der Waals surface area contributed by atoms with Gasteiger partial charge in [-0.3, -0.25) is 4.79 Å². The smallest absolute Gasteiger partial charge is 0.252 e. The highest BCUT2D eigenvalue weighted by molar-refractivity contribution is 9.11. The molecule has 2 nitrogen and oxygen atoms in total. The zero-order valence-corrected chi connectivity index (χ0v) is 14.3. The molecule has 2 rings (SSSR count). The number of rotatable bonds is 3. The van der Waals surface area contributed by atoms with Crippen LogP contribution in [-0.4, -0.2) is 12.5 Å². The third-order valence-electron chi connectivity index (χ3n) is 3.77. The molecule has 1 aliphatic rings. The summed E-state index contributed by atoms with van der Waals surface area (Å²) in [5, 5.41) is 3.07. The van der Waals surface area contributed by atoms with E-state index in [2.05, 4.69) is 44.1 Å². The van der Waals surface area contributed by atoms with Crippen LogP contribution >= 0.6 is 31.9 Å². The lowest BCUT2D eigenvalue weighted by Gasteiger charge is -2.26. The van der Waals surface area contributed by atoms with E-state index in [9.17, 15) is 4.79 Å². The second-order valence-electron chi connectivity index (χ2n) is 5.47. The number of hydrogen-bond donors (Lipinski definition) is 1. The van der Waals surface area contributed by atoms with E-state index in [0.717, 1.165) is 21.4 Å². The molecule has 104 valence electrons. The monoisotopic (exact) mass is 387 g/mol. The first kappa shape index (κ1) is 15.0. The Morgan fingerprint density at radius 1 is 1.37 bits per heavy atom. The zero-order chi connectivity index (χ0) is 13.8. The lowest BCUT2D eigenvalue weighted by atomic mass is 9.82. The summed E-state index contributed by atoms with van der Waals surface area (Å²) in [6, 6.07) is 5.63. The molecule has 2 unspecified atom stereocenters. The van der Waals surface area contributed by atoms with Crippen LogP contribution in [0, 0.1) is 11.8 Å². The Bertz CT molecular complexity index is 461. The summed E-state index contributed by atoms with van der Waals surface area (Å²) in [6.45, 7) is 3.10. The molecule has 1 N–H and O–H groups in total. The molecule has 1 aliphatic carbocycles. The highest BCUT2D eigenvalue weighted by Gasteiger charge is 2.20. The Morgan fingerprint density at radius 3 is 2.84 bits per heavy atom. The standard InChI is InChI=1S/C15H19Br2NO/c1-10-3-2-4-11(7-10)9-18-15(19)13-6-5-12(16)8-14(13)17/h5-6,8,10-11H,2-4,7,9H2,1H3,(H,18,19). The fraction of sp³-hybridized carbons (Fsp3) is 0.533. The van der Waals surface area contributed by atoms with Crippen LogP contribution in [0.2, 0.25) is 0 Å². The number of carbonyl (C=O) groups is 1. The number of halogens is 2. The topological polar surface area (TPSA) is 29.1 Å². The summed E-state index contributed by atoms with van der Waals surface area (Å²) in [4.78, 5) is 12.1. The molecule has 1 fully saturated rings. The average molecular weight is 389 g/mol. The number of hydrogen-bond acceptors (Lipinski definition) is 1. The molecule has 0 aromatic heterocycles. The van der Waals surface area contributed by atoms with Crippen LogP contribution in [0.15, 0.2) is 27.1 Å². The fourth-order valence-corrected chi connectivity index (χ4v) is 3.98. The summed E-state index contributed by atoms with van der Waals surface area (Å²) in [5.74, 6) is 1.45. The Labute approximate surface area is 131 Å². The maximum atomic E-state index is 12.1. The van der Waals surface area contributed by atoms with Crippen molar-refractivity contribution in [2.24, 2.45) is 11.8 Å². The Hall–Kier alpha value is -0.350. The predicted molar refractivity (Wildman–Crippen MR) is 85.3 cm³/mol. The third kappa shape index (κ3) is 4.32. The van der Waals surface area contributed by atoms with Crippen LogP contribution in [-0.2, 0) is 0 Å². The van der Waals surface area contributed by atoms with Crippen molar-refractivity contribution in [3.8, 4) is 0 Å². The Balaban J connectivity index is 1.90. The molecule has 1 saturated carbocycles. The molecule has 0 saturated heterocycles. The first-order chi connectivity index (χ1) is 9.06. The first-order valence-electron chi connectivity index (χ1n) is 6.79. The van der Waals surface area contributed by atoms with Crippen LogP contribution in [0.5, 0.6) is 0 Å². The van der Waals surface area contributed by atoms with Gasteiger partial charge in [-0.25, -0.2) is 0 Å². The largest absolute Gasteiger partial charge is 0.352 e. The summed E-state index contributed by atoms with van der Waals surface area (Å²) in [6.07, 6.45) is 5.11. The van der Waals surface area contributed by atoms with Crippen molar-refractivity contribution in [2.75, 3.05) is 6.54 Å². The van der Waals surface area contributed by atoms with Crippen LogP contribution < -0.4 is 5.32 Å². The lowest BCUT2D eigenvalue weighted by Crippen LogP contribution is -2.31. The minimum Gasteiger partial charge on any atom is -0.352 e. The maximum absolute atomic E-state index is 12.1.